The quantitative estimate of drug-likeness (QED) is 0.243. The van der Waals surface area contributed by atoms with Crippen molar-refractivity contribution in [1.29, 1.82) is 0 Å². The summed E-state index contributed by atoms with van der Waals surface area (Å²) in [5.41, 5.74) is 3.61. The molecule has 1 saturated heterocycles. The number of anilines is 1. The SMILES string of the molecule is COc1ccc(C(=Cc2ccc(F)cc2)C(=O)N2CCN(c3ncc(C(=O)NO)cn3)CC2)cc1. The minimum Gasteiger partial charge on any atom is -0.497 e. The van der Waals surface area contributed by atoms with E-state index in [0.29, 0.717) is 49.0 Å². The molecule has 9 nitrogen and oxygen atoms in total. The molecule has 2 amide bonds. The first-order valence-electron chi connectivity index (χ1n) is 10.9. The molecule has 0 spiro atoms. The van der Waals surface area contributed by atoms with Crippen molar-refractivity contribution in [2.75, 3.05) is 38.2 Å². The maximum Gasteiger partial charge on any atom is 0.277 e. The Hall–Kier alpha value is -4.31. The van der Waals surface area contributed by atoms with Gasteiger partial charge in [-0.05, 0) is 41.5 Å². The third-order valence-corrected chi connectivity index (χ3v) is 5.66. The number of hydrogen-bond donors (Lipinski definition) is 2. The average Bonchev–Trinajstić information content (AvgIpc) is 2.92. The lowest BCUT2D eigenvalue weighted by molar-refractivity contribution is -0.125. The molecule has 0 radical (unpaired) electrons. The first-order chi connectivity index (χ1) is 17.0. The van der Waals surface area contributed by atoms with E-state index in [0.717, 1.165) is 5.56 Å². The maximum atomic E-state index is 13.6. The average molecular weight is 477 g/mol. The van der Waals surface area contributed by atoms with Crippen molar-refractivity contribution in [3.05, 3.63) is 83.4 Å². The predicted octanol–water partition coefficient (Wildman–Crippen LogP) is 2.63. The normalized spacial score (nSPS) is 14.0. The summed E-state index contributed by atoms with van der Waals surface area (Å²) in [6, 6.07) is 13.2. The van der Waals surface area contributed by atoms with Gasteiger partial charge in [-0.15, -0.1) is 0 Å². The highest BCUT2D eigenvalue weighted by Crippen LogP contribution is 2.24. The van der Waals surface area contributed by atoms with Gasteiger partial charge in [0.15, 0.2) is 0 Å². The first-order valence-corrected chi connectivity index (χ1v) is 10.9. The molecule has 0 saturated carbocycles. The molecule has 4 rings (SSSR count). The number of nitrogens with zero attached hydrogens (tertiary/aromatic N) is 4. The van der Waals surface area contributed by atoms with Gasteiger partial charge in [-0.25, -0.2) is 19.8 Å². The van der Waals surface area contributed by atoms with Crippen LogP contribution in [-0.2, 0) is 4.79 Å². The van der Waals surface area contributed by atoms with Gasteiger partial charge in [0, 0.05) is 44.1 Å². The highest BCUT2D eigenvalue weighted by molar-refractivity contribution is 6.24. The number of amides is 2. The van der Waals surface area contributed by atoms with Crippen LogP contribution < -0.4 is 15.1 Å². The largest absolute Gasteiger partial charge is 0.497 e. The van der Waals surface area contributed by atoms with Crippen LogP contribution in [0.15, 0.2) is 60.9 Å². The fraction of sp³-hybridized carbons (Fsp3) is 0.200. The highest BCUT2D eigenvalue weighted by atomic mass is 19.1. The molecule has 1 aliphatic rings. The monoisotopic (exact) mass is 477 g/mol. The number of carbonyl (C=O) groups is 2. The summed E-state index contributed by atoms with van der Waals surface area (Å²) in [6.45, 7) is 1.89. The second-order valence-corrected chi connectivity index (χ2v) is 7.83. The van der Waals surface area contributed by atoms with E-state index in [1.807, 2.05) is 17.0 Å². The molecule has 1 fully saturated rings. The van der Waals surface area contributed by atoms with Crippen LogP contribution >= 0.6 is 0 Å². The van der Waals surface area contributed by atoms with Gasteiger partial charge < -0.3 is 14.5 Å². The molecule has 2 aromatic carbocycles. The summed E-state index contributed by atoms with van der Waals surface area (Å²) in [4.78, 5) is 37.1. The fourth-order valence-electron chi connectivity index (χ4n) is 3.71. The molecule has 0 aliphatic carbocycles. The summed E-state index contributed by atoms with van der Waals surface area (Å²) in [6.07, 6.45) is 4.42. The predicted molar refractivity (Wildman–Crippen MR) is 127 cm³/mol. The Morgan fingerprint density at radius 3 is 2.17 bits per heavy atom. The second-order valence-electron chi connectivity index (χ2n) is 7.83. The van der Waals surface area contributed by atoms with Gasteiger partial charge in [-0.3, -0.25) is 14.8 Å². The molecule has 35 heavy (non-hydrogen) atoms. The number of aromatic nitrogens is 2. The van der Waals surface area contributed by atoms with Crippen molar-refractivity contribution in [3.63, 3.8) is 0 Å². The van der Waals surface area contributed by atoms with Crippen molar-refractivity contribution in [1.82, 2.24) is 20.3 Å². The number of ether oxygens (including phenoxy) is 1. The Labute approximate surface area is 201 Å². The van der Waals surface area contributed by atoms with Crippen LogP contribution in [0, 0.1) is 5.82 Å². The van der Waals surface area contributed by atoms with Gasteiger partial charge >= 0.3 is 0 Å². The zero-order chi connectivity index (χ0) is 24.8. The summed E-state index contributed by atoms with van der Waals surface area (Å²) in [7, 11) is 1.58. The fourth-order valence-corrected chi connectivity index (χ4v) is 3.71. The molecule has 180 valence electrons. The zero-order valence-corrected chi connectivity index (χ0v) is 19.0. The van der Waals surface area contributed by atoms with Crippen molar-refractivity contribution >= 4 is 29.4 Å². The third kappa shape index (κ3) is 5.61. The van der Waals surface area contributed by atoms with Crippen molar-refractivity contribution in [2.24, 2.45) is 0 Å². The van der Waals surface area contributed by atoms with Crippen molar-refractivity contribution < 1.29 is 23.9 Å². The third-order valence-electron chi connectivity index (χ3n) is 5.66. The Bertz CT molecular complexity index is 1210. The number of methoxy groups -OCH3 is 1. The van der Waals surface area contributed by atoms with E-state index in [1.54, 1.807) is 47.8 Å². The van der Waals surface area contributed by atoms with Crippen LogP contribution in [-0.4, -0.2) is 65.2 Å². The Balaban J connectivity index is 1.51. The van der Waals surface area contributed by atoms with E-state index in [-0.39, 0.29) is 17.3 Å². The minimum absolute atomic E-state index is 0.139. The molecule has 10 heteroatoms. The maximum absolute atomic E-state index is 13.6. The summed E-state index contributed by atoms with van der Waals surface area (Å²) in [5, 5.41) is 8.72. The molecule has 0 bridgehead atoms. The van der Waals surface area contributed by atoms with Gasteiger partial charge in [0.2, 0.25) is 5.95 Å². The Morgan fingerprint density at radius 2 is 1.60 bits per heavy atom. The summed E-state index contributed by atoms with van der Waals surface area (Å²) >= 11 is 0. The lowest BCUT2D eigenvalue weighted by atomic mass is 10.0. The molecular formula is C25H24FN5O4. The molecule has 1 aliphatic heterocycles. The number of rotatable bonds is 6. The highest BCUT2D eigenvalue weighted by Gasteiger charge is 2.26. The Morgan fingerprint density at radius 1 is 0.971 bits per heavy atom. The van der Waals surface area contributed by atoms with E-state index in [9.17, 15) is 14.0 Å². The zero-order valence-electron chi connectivity index (χ0n) is 19.0. The number of piperazine rings is 1. The number of benzene rings is 2. The van der Waals surface area contributed by atoms with Crippen molar-refractivity contribution in [2.45, 2.75) is 0 Å². The summed E-state index contributed by atoms with van der Waals surface area (Å²) in [5.74, 6) is -0.0638. The van der Waals surface area contributed by atoms with Crippen LogP contribution in [0.2, 0.25) is 0 Å². The number of hydrogen-bond acceptors (Lipinski definition) is 7. The summed E-state index contributed by atoms with van der Waals surface area (Å²) < 4.78 is 18.6. The number of hydroxylamine groups is 1. The minimum atomic E-state index is -0.689. The lowest BCUT2D eigenvalue weighted by Crippen LogP contribution is -2.49. The molecule has 0 unspecified atom stereocenters. The molecule has 1 aromatic heterocycles. The molecule has 3 aromatic rings. The Kier molecular flexibility index (Phi) is 7.32. The molecular weight excluding hydrogens is 453 g/mol. The molecule has 0 atom stereocenters. The van der Waals surface area contributed by atoms with E-state index in [4.69, 9.17) is 9.94 Å². The van der Waals surface area contributed by atoms with Crippen LogP contribution in [0.25, 0.3) is 11.6 Å². The van der Waals surface area contributed by atoms with Gasteiger partial charge in [0.05, 0.1) is 12.7 Å². The van der Waals surface area contributed by atoms with E-state index in [2.05, 4.69) is 9.97 Å². The lowest BCUT2D eigenvalue weighted by Gasteiger charge is -2.35. The van der Waals surface area contributed by atoms with E-state index < -0.39 is 5.91 Å². The number of nitrogens with one attached hydrogen (secondary N) is 1. The van der Waals surface area contributed by atoms with Gasteiger partial charge in [-0.2, -0.15) is 0 Å². The smallest absolute Gasteiger partial charge is 0.277 e. The molecule has 2 heterocycles. The van der Waals surface area contributed by atoms with Crippen LogP contribution in [0.4, 0.5) is 10.3 Å². The van der Waals surface area contributed by atoms with E-state index >= 15 is 0 Å². The van der Waals surface area contributed by atoms with Gasteiger partial charge in [0.1, 0.15) is 11.6 Å². The molecule has 2 N–H and O–H groups in total. The number of carbonyl (C=O) groups excluding carboxylic acids is 2. The standard InChI is InChI=1S/C25H24FN5O4/c1-35-21-8-4-18(5-9-21)22(14-17-2-6-20(26)7-3-17)24(33)30-10-12-31(13-11-30)25-27-15-19(16-28-25)23(32)29-34/h2-9,14-16,34H,10-13H2,1H3,(H,29,32). The van der Waals surface area contributed by atoms with Crippen LogP contribution in [0.5, 0.6) is 5.75 Å². The van der Waals surface area contributed by atoms with E-state index in [1.165, 1.54) is 24.5 Å². The van der Waals surface area contributed by atoms with Gasteiger partial charge in [0.25, 0.3) is 11.8 Å². The van der Waals surface area contributed by atoms with Gasteiger partial charge in [-0.1, -0.05) is 24.3 Å². The van der Waals surface area contributed by atoms with Crippen LogP contribution in [0.3, 0.4) is 0 Å². The van der Waals surface area contributed by atoms with Crippen molar-refractivity contribution in [3.8, 4) is 5.75 Å². The number of halogens is 1. The first kappa shape index (κ1) is 23.8. The topological polar surface area (TPSA) is 108 Å². The van der Waals surface area contributed by atoms with Crippen LogP contribution in [0.1, 0.15) is 21.5 Å². The second kappa shape index (κ2) is 10.7.